The summed E-state index contributed by atoms with van der Waals surface area (Å²) in [5.41, 5.74) is 1.69. The van der Waals surface area contributed by atoms with E-state index < -0.39 is 0 Å². The van der Waals surface area contributed by atoms with Gasteiger partial charge in [-0.05, 0) is 42.9 Å². The van der Waals surface area contributed by atoms with Gasteiger partial charge in [0.05, 0.1) is 0 Å². The molecule has 1 saturated carbocycles. The summed E-state index contributed by atoms with van der Waals surface area (Å²) in [5, 5.41) is 2.89. The number of hydrogen-bond acceptors (Lipinski definition) is 2. The van der Waals surface area contributed by atoms with E-state index in [2.05, 4.69) is 5.32 Å². The molecule has 0 aromatic heterocycles. The molecule has 4 heteroatoms. The minimum atomic E-state index is -0.0386. The third-order valence-corrected chi connectivity index (χ3v) is 3.48. The molecule has 1 N–H and O–H groups in total. The van der Waals surface area contributed by atoms with Crippen LogP contribution in [0.5, 0.6) is 0 Å². The Balaban J connectivity index is 1.59. The molecule has 19 heavy (non-hydrogen) atoms. The first kappa shape index (κ1) is 14.4. The highest BCUT2D eigenvalue weighted by atomic mass is 35.5. The standard InChI is InChI=1S/C15H20ClNO2/c16-10-12-4-6-14(7-5-12)15(18)17-8-1-9-19-11-13-2-3-13/h4-7,13H,1-3,8-11H2,(H,17,18). The summed E-state index contributed by atoms with van der Waals surface area (Å²) in [4.78, 5) is 11.8. The maximum absolute atomic E-state index is 11.8. The fourth-order valence-corrected chi connectivity index (χ4v) is 1.94. The van der Waals surface area contributed by atoms with Crippen molar-refractivity contribution in [1.82, 2.24) is 5.32 Å². The second kappa shape index (κ2) is 7.51. The van der Waals surface area contributed by atoms with Crippen molar-refractivity contribution in [1.29, 1.82) is 0 Å². The molecule has 0 spiro atoms. The van der Waals surface area contributed by atoms with Gasteiger partial charge in [0.2, 0.25) is 0 Å². The van der Waals surface area contributed by atoms with Gasteiger partial charge in [0, 0.05) is 31.2 Å². The van der Waals surface area contributed by atoms with Gasteiger partial charge in [0.15, 0.2) is 0 Å². The van der Waals surface area contributed by atoms with Crippen molar-refractivity contribution in [3.05, 3.63) is 35.4 Å². The lowest BCUT2D eigenvalue weighted by Gasteiger charge is -2.06. The Morgan fingerprint density at radius 3 is 2.68 bits per heavy atom. The molecule has 1 fully saturated rings. The predicted octanol–water partition coefficient (Wildman–Crippen LogP) is 2.97. The molecule has 0 radical (unpaired) electrons. The van der Waals surface area contributed by atoms with Crippen molar-refractivity contribution in [3.8, 4) is 0 Å². The quantitative estimate of drug-likeness (QED) is 0.588. The van der Waals surface area contributed by atoms with Crippen LogP contribution in [0.25, 0.3) is 0 Å². The molecule has 0 bridgehead atoms. The summed E-state index contributed by atoms with van der Waals surface area (Å²) in [5.74, 6) is 1.23. The minimum absolute atomic E-state index is 0.0386. The lowest BCUT2D eigenvalue weighted by atomic mass is 10.1. The first-order chi connectivity index (χ1) is 9.29. The van der Waals surface area contributed by atoms with Gasteiger partial charge < -0.3 is 10.1 Å². The van der Waals surface area contributed by atoms with Gasteiger partial charge >= 0.3 is 0 Å². The van der Waals surface area contributed by atoms with Crippen molar-refractivity contribution in [2.24, 2.45) is 5.92 Å². The number of nitrogens with one attached hydrogen (secondary N) is 1. The summed E-state index contributed by atoms with van der Waals surface area (Å²) in [6, 6.07) is 7.36. The number of halogens is 1. The van der Waals surface area contributed by atoms with Gasteiger partial charge in [-0.15, -0.1) is 11.6 Å². The minimum Gasteiger partial charge on any atom is -0.381 e. The number of rotatable bonds is 8. The maximum atomic E-state index is 11.8. The van der Waals surface area contributed by atoms with Crippen LogP contribution in [0.4, 0.5) is 0 Å². The number of carbonyl (C=O) groups is 1. The SMILES string of the molecule is O=C(NCCCOCC1CC1)c1ccc(CCl)cc1. The molecule has 0 unspecified atom stereocenters. The number of carbonyl (C=O) groups excluding carboxylic acids is 1. The highest BCUT2D eigenvalue weighted by Crippen LogP contribution is 2.28. The van der Waals surface area contributed by atoms with E-state index in [0.29, 0.717) is 18.0 Å². The van der Waals surface area contributed by atoms with E-state index in [1.807, 2.05) is 12.1 Å². The second-order valence-electron chi connectivity index (χ2n) is 4.96. The van der Waals surface area contributed by atoms with Gasteiger partial charge in [0.25, 0.3) is 5.91 Å². The van der Waals surface area contributed by atoms with E-state index in [1.165, 1.54) is 12.8 Å². The van der Waals surface area contributed by atoms with Gasteiger partial charge in [-0.1, -0.05) is 12.1 Å². The molecule has 0 aliphatic heterocycles. The van der Waals surface area contributed by atoms with E-state index in [-0.39, 0.29) is 5.91 Å². The van der Waals surface area contributed by atoms with Crippen molar-refractivity contribution in [2.45, 2.75) is 25.1 Å². The van der Waals surface area contributed by atoms with E-state index in [4.69, 9.17) is 16.3 Å². The third kappa shape index (κ3) is 5.21. The molecule has 1 aromatic rings. The zero-order chi connectivity index (χ0) is 13.5. The maximum Gasteiger partial charge on any atom is 0.251 e. The molecular weight excluding hydrogens is 262 g/mol. The van der Waals surface area contributed by atoms with Crippen LogP contribution < -0.4 is 5.32 Å². The molecule has 0 heterocycles. The number of ether oxygens (including phenoxy) is 1. The van der Waals surface area contributed by atoms with Gasteiger partial charge in [-0.2, -0.15) is 0 Å². The van der Waals surface area contributed by atoms with Crippen molar-refractivity contribution < 1.29 is 9.53 Å². The topological polar surface area (TPSA) is 38.3 Å². The Morgan fingerprint density at radius 1 is 1.32 bits per heavy atom. The highest BCUT2D eigenvalue weighted by molar-refractivity contribution is 6.17. The number of alkyl halides is 1. The third-order valence-electron chi connectivity index (χ3n) is 3.17. The highest BCUT2D eigenvalue weighted by Gasteiger charge is 2.20. The Kier molecular flexibility index (Phi) is 5.67. The average Bonchev–Trinajstić information content (AvgIpc) is 3.26. The van der Waals surface area contributed by atoms with Crippen molar-refractivity contribution >= 4 is 17.5 Å². The lowest BCUT2D eigenvalue weighted by Crippen LogP contribution is -2.25. The molecular formula is C15H20ClNO2. The first-order valence-corrected chi connectivity index (χ1v) is 7.34. The predicted molar refractivity (Wildman–Crippen MR) is 76.5 cm³/mol. The van der Waals surface area contributed by atoms with Crippen LogP contribution in [-0.4, -0.2) is 25.7 Å². The summed E-state index contributed by atoms with van der Waals surface area (Å²) >= 11 is 5.70. The molecule has 3 nitrogen and oxygen atoms in total. The average molecular weight is 282 g/mol. The van der Waals surface area contributed by atoms with Crippen LogP contribution in [0.1, 0.15) is 35.2 Å². The molecule has 1 aromatic carbocycles. The van der Waals surface area contributed by atoms with Crippen LogP contribution in [-0.2, 0) is 10.6 Å². The van der Waals surface area contributed by atoms with E-state index in [0.717, 1.165) is 31.1 Å². The molecule has 0 saturated heterocycles. The zero-order valence-corrected chi connectivity index (χ0v) is 11.8. The number of benzene rings is 1. The molecule has 1 aliphatic rings. The summed E-state index contributed by atoms with van der Waals surface area (Å²) in [6.07, 6.45) is 3.49. The normalized spacial score (nSPS) is 14.4. The Morgan fingerprint density at radius 2 is 2.05 bits per heavy atom. The summed E-state index contributed by atoms with van der Waals surface area (Å²) in [7, 11) is 0. The van der Waals surface area contributed by atoms with Crippen molar-refractivity contribution in [2.75, 3.05) is 19.8 Å². The number of hydrogen-bond donors (Lipinski definition) is 1. The van der Waals surface area contributed by atoms with Crippen LogP contribution in [0, 0.1) is 5.92 Å². The second-order valence-corrected chi connectivity index (χ2v) is 5.23. The smallest absolute Gasteiger partial charge is 0.251 e. The molecule has 104 valence electrons. The zero-order valence-electron chi connectivity index (χ0n) is 11.0. The van der Waals surface area contributed by atoms with Crippen LogP contribution in [0.15, 0.2) is 24.3 Å². The van der Waals surface area contributed by atoms with Gasteiger partial charge in [-0.3, -0.25) is 4.79 Å². The fourth-order valence-electron chi connectivity index (χ4n) is 1.76. The molecule has 1 aliphatic carbocycles. The van der Waals surface area contributed by atoms with Crippen molar-refractivity contribution in [3.63, 3.8) is 0 Å². The first-order valence-electron chi connectivity index (χ1n) is 6.80. The van der Waals surface area contributed by atoms with E-state index in [1.54, 1.807) is 12.1 Å². The molecule has 1 amide bonds. The van der Waals surface area contributed by atoms with Gasteiger partial charge in [0.1, 0.15) is 0 Å². The fraction of sp³-hybridized carbons (Fsp3) is 0.533. The Bertz CT molecular complexity index is 401. The lowest BCUT2D eigenvalue weighted by molar-refractivity contribution is 0.0937. The molecule has 2 rings (SSSR count). The molecule has 0 atom stereocenters. The van der Waals surface area contributed by atoms with E-state index in [9.17, 15) is 4.79 Å². The van der Waals surface area contributed by atoms with E-state index >= 15 is 0 Å². The van der Waals surface area contributed by atoms with Gasteiger partial charge in [-0.25, -0.2) is 0 Å². The monoisotopic (exact) mass is 281 g/mol. The summed E-state index contributed by atoms with van der Waals surface area (Å²) in [6.45, 7) is 2.26. The largest absolute Gasteiger partial charge is 0.381 e. The van der Waals surface area contributed by atoms with Crippen LogP contribution >= 0.6 is 11.6 Å². The Hall–Kier alpha value is -1.06. The Labute approximate surface area is 119 Å². The summed E-state index contributed by atoms with van der Waals surface area (Å²) < 4.78 is 5.51. The van der Waals surface area contributed by atoms with Crippen LogP contribution in [0.2, 0.25) is 0 Å². The number of amides is 1. The van der Waals surface area contributed by atoms with Crippen LogP contribution in [0.3, 0.4) is 0 Å².